The molecule has 0 saturated carbocycles. The Morgan fingerprint density at radius 3 is 1.27 bits per heavy atom. The van der Waals surface area contributed by atoms with Gasteiger partial charge in [0.1, 0.15) is 36.9 Å². The fourth-order valence-corrected chi connectivity index (χ4v) is 4.52. The molecule has 1 aliphatic rings. The highest BCUT2D eigenvalue weighted by Crippen LogP contribution is 2.26. The number of amides is 4. The van der Waals surface area contributed by atoms with Crippen molar-refractivity contribution in [3.05, 3.63) is 84.9 Å². The van der Waals surface area contributed by atoms with Crippen molar-refractivity contribution in [2.24, 2.45) is 0 Å². The molecule has 2 atom stereocenters. The van der Waals surface area contributed by atoms with E-state index in [0.29, 0.717) is 21.3 Å². The molecule has 0 radical (unpaired) electrons. The van der Waals surface area contributed by atoms with Crippen LogP contribution in [0.1, 0.15) is 0 Å². The quantitative estimate of drug-likeness (QED) is 0.229. The highest BCUT2D eigenvalue weighted by molar-refractivity contribution is 6.54. The van der Waals surface area contributed by atoms with Crippen LogP contribution in [0.25, 0.3) is 21.5 Å². The summed E-state index contributed by atoms with van der Waals surface area (Å²) in [7, 11) is 0. The van der Waals surface area contributed by atoms with Crippen LogP contribution in [0.4, 0.5) is 0 Å². The molecule has 0 aliphatic carbocycles. The summed E-state index contributed by atoms with van der Waals surface area (Å²) in [5, 5.41) is 24.4. The van der Waals surface area contributed by atoms with Gasteiger partial charge in [0.25, 0.3) is 0 Å². The molecule has 4 aromatic rings. The molecule has 1 aliphatic heterocycles. The van der Waals surface area contributed by atoms with Gasteiger partial charge in [-0.15, -0.1) is 0 Å². The van der Waals surface area contributed by atoms with E-state index in [-0.39, 0.29) is 13.2 Å². The van der Waals surface area contributed by atoms with Crippen LogP contribution in [0.5, 0.6) is 11.5 Å². The van der Waals surface area contributed by atoms with Gasteiger partial charge in [-0.1, -0.05) is 72.8 Å². The van der Waals surface area contributed by atoms with E-state index in [1.54, 1.807) is 24.3 Å². The fourth-order valence-electron chi connectivity index (χ4n) is 4.52. The third-order valence-corrected chi connectivity index (χ3v) is 6.49. The molecule has 4 aromatic carbocycles. The monoisotopic (exact) mass is 542 g/mol. The number of aliphatic hydroxyl groups excluding tert-OH is 2. The number of hydrogen-bond acceptors (Lipinski definition) is 8. The number of hydrogen-bond donors (Lipinski definition) is 2. The molecule has 10 heteroatoms. The molecule has 0 spiro atoms. The van der Waals surface area contributed by atoms with Gasteiger partial charge in [0.05, 0.1) is 13.1 Å². The number of rotatable bonds is 10. The number of nitrogens with zero attached hydrogens (tertiary/aromatic N) is 2. The lowest BCUT2D eigenvalue weighted by Crippen LogP contribution is -2.63. The Morgan fingerprint density at radius 1 is 0.525 bits per heavy atom. The summed E-state index contributed by atoms with van der Waals surface area (Å²) in [6, 6.07) is 25.7. The standard InChI is InChI=1S/C30H26N2O8/c33-21(17-39-25-13-5-9-19-7-1-3-11-23(19)25)15-31-27(35)29(37)32(30(38)28(31)36)16-22(34)18-40-26-14-6-10-20-8-2-4-12-24(20)26/h1-14,21-22,33-34H,15-18H2/t21-,22-/m0/s1. The molecule has 0 aromatic heterocycles. The third kappa shape index (κ3) is 5.49. The number of carbonyl (C=O) groups is 4. The van der Waals surface area contributed by atoms with Crippen molar-refractivity contribution in [1.29, 1.82) is 0 Å². The first-order chi connectivity index (χ1) is 19.3. The van der Waals surface area contributed by atoms with Crippen LogP contribution in [0.3, 0.4) is 0 Å². The highest BCUT2D eigenvalue weighted by atomic mass is 16.5. The molecule has 204 valence electrons. The average molecular weight is 543 g/mol. The SMILES string of the molecule is O=C1C(=O)N(C[C@H](O)COc2cccc3ccccc23)C(=O)C(=O)N1C[C@H](O)COc1cccc2ccccc12. The van der Waals surface area contributed by atoms with E-state index < -0.39 is 48.9 Å². The van der Waals surface area contributed by atoms with Gasteiger partial charge in [-0.05, 0) is 22.9 Å². The number of fused-ring (bicyclic) bond motifs is 2. The van der Waals surface area contributed by atoms with Gasteiger partial charge in [0.2, 0.25) is 0 Å². The van der Waals surface area contributed by atoms with Crippen molar-refractivity contribution in [3.8, 4) is 11.5 Å². The van der Waals surface area contributed by atoms with Crippen molar-refractivity contribution in [1.82, 2.24) is 9.80 Å². The summed E-state index contributed by atoms with van der Waals surface area (Å²) in [6.45, 7) is -1.80. The molecule has 0 unspecified atom stereocenters. The van der Waals surface area contributed by atoms with Crippen molar-refractivity contribution in [2.75, 3.05) is 26.3 Å². The third-order valence-electron chi connectivity index (χ3n) is 6.49. The van der Waals surface area contributed by atoms with Gasteiger partial charge in [-0.25, -0.2) is 0 Å². The van der Waals surface area contributed by atoms with Gasteiger partial charge in [0.15, 0.2) is 0 Å². The average Bonchev–Trinajstić information content (AvgIpc) is 2.98. The zero-order valence-electron chi connectivity index (χ0n) is 21.3. The number of aliphatic hydroxyl groups is 2. The Hall–Kier alpha value is -4.80. The van der Waals surface area contributed by atoms with Crippen molar-refractivity contribution >= 4 is 45.2 Å². The maximum atomic E-state index is 12.7. The van der Waals surface area contributed by atoms with Crippen molar-refractivity contribution in [2.45, 2.75) is 12.2 Å². The van der Waals surface area contributed by atoms with Crippen LogP contribution in [-0.2, 0) is 19.2 Å². The lowest BCUT2D eigenvalue weighted by molar-refractivity contribution is -0.173. The minimum Gasteiger partial charge on any atom is -0.490 e. The van der Waals surface area contributed by atoms with Gasteiger partial charge < -0.3 is 19.7 Å². The minimum atomic E-state index is -1.36. The number of carbonyl (C=O) groups excluding carboxylic acids is 4. The Morgan fingerprint density at radius 2 is 0.875 bits per heavy atom. The van der Waals surface area contributed by atoms with Gasteiger partial charge in [-0.2, -0.15) is 0 Å². The first-order valence-corrected chi connectivity index (χ1v) is 12.6. The second kappa shape index (κ2) is 11.5. The zero-order chi connectivity index (χ0) is 28.2. The summed E-state index contributed by atoms with van der Waals surface area (Å²) in [6.07, 6.45) is -2.72. The molecule has 4 amide bonds. The van der Waals surface area contributed by atoms with Gasteiger partial charge in [-0.3, -0.25) is 29.0 Å². The van der Waals surface area contributed by atoms with E-state index in [4.69, 9.17) is 9.47 Å². The predicted molar refractivity (Wildman–Crippen MR) is 144 cm³/mol. The summed E-state index contributed by atoms with van der Waals surface area (Å²) in [5.74, 6) is -4.14. The number of ether oxygens (including phenoxy) is 2. The summed E-state index contributed by atoms with van der Waals surface area (Å²) in [5.41, 5.74) is 0. The number of piperazine rings is 1. The fraction of sp³-hybridized carbons (Fsp3) is 0.200. The Balaban J connectivity index is 1.17. The number of β-amino-alcohol motifs (C(OH)–C–C–N with tert-alkyl or cyclic N) is 2. The molecular formula is C30H26N2O8. The largest absolute Gasteiger partial charge is 0.490 e. The smallest absolute Gasteiger partial charge is 0.319 e. The van der Waals surface area contributed by atoms with Crippen LogP contribution < -0.4 is 9.47 Å². The lowest BCUT2D eigenvalue weighted by atomic mass is 10.1. The molecule has 1 fully saturated rings. The van der Waals surface area contributed by atoms with E-state index in [2.05, 4.69) is 0 Å². The highest BCUT2D eigenvalue weighted by Gasteiger charge is 2.46. The van der Waals surface area contributed by atoms with E-state index in [9.17, 15) is 29.4 Å². The molecule has 40 heavy (non-hydrogen) atoms. The van der Waals surface area contributed by atoms with Crippen molar-refractivity contribution in [3.63, 3.8) is 0 Å². The molecule has 10 nitrogen and oxygen atoms in total. The Kier molecular flexibility index (Phi) is 7.72. The lowest BCUT2D eigenvalue weighted by Gasteiger charge is -2.32. The Labute approximate surface area is 228 Å². The number of benzene rings is 4. The van der Waals surface area contributed by atoms with Gasteiger partial charge in [0, 0.05) is 10.8 Å². The first kappa shape index (κ1) is 26.8. The van der Waals surface area contributed by atoms with E-state index >= 15 is 0 Å². The zero-order valence-corrected chi connectivity index (χ0v) is 21.3. The van der Waals surface area contributed by atoms with E-state index in [1.165, 1.54) is 0 Å². The van der Waals surface area contributed by atoms with Gasteiger partial charge >= 0.3 is 23.6 Å². The summed E-state index contributed by atoms with van der Waals surface area (Å²) >= 11 is 0. The van der Waals surface area contributed by atoms with E-state index in [0.717, 1.165) is 21.5 Å². The first-order valence-electron chi connectivity index (χ1n) is 12.6. The molecule has 1 heterocycles. The predicted octanol–water partition coefficient (Wildman–Crippen LogP) is 1.90. The summed E-state index contributed by atoms with van der Waals surface area (Å²) < 4.78 is 11.4. The van der Waals surface area contributed by atoms with Crippen LogP contribution in [0.15, 0.2) is 84.9 Å². The minimum absolute atomic E-state index is 0.290. The molecule has 1 saturated heterocycles. The second-order valence-corrected chi connectivity index (χ2v) is 9.33. The maximum Gasteiger partial charge on any atom is 0.319 e. The molecule has 5 rings (SSSR count). The molecule has 0 bridgehead atoms. The molecule has 2 N–H and O–H groups in total. The normalized spacial score (nSPS) is 15.6. The van der Waals surface area contributed by atoms with E-state index in [1.807, 2.05) is 60.7 Å². The van der Waals surface area contributed by atoms with Crippen molar-refractivity contribution < 1.29 is 38.9 Å². The maximum absolute atomic E-state index is 12.7. The van der Waals surface area contributed by atoms with Crippen LogP contribution in [0.2, 0.25) is 0 Å². The van der Waals surface area contributed by atoms with Crippen LogP contribution >= 0.6 is 0 Å². The summed E-state index contributed by atoms with van der Waals surface area (Å²) in [4.78, 5) is 51.5. The molecular weight excluding hydrogens is 516 g/mol. The second-order valence-electron chi connectivity index (χ2n) is 9.33. The Bertz CT molecular complexity index is 1450. The van der Waals surface area contributed by atoms with Crippen LogP contribution in [0, 0.1) is 0 Å². The topological polar surface area (TPSA) is 134 Å². The van der Waals surface area contributed by atoms with Crippen LogP contribution in [-0.4, -0.2) is 82.2 Å². The number of imide groups is 2.